The minimum absolute atomic E-state index is 0.0218. The minimum atomic E-state index is -4.39. The number of rotatable bonds is 18. The molecule has 18 heteroatoms. The van der Waals surface area contributed by atoms with Crippen LogP contribution < -0.4 is 30.6 Å². The third kappa shape index (κ3) is 12.5. The number of alkyl carbamates (subject to hydrolysis) is 1. The van der Waals surface area contributed by atoms with Crippen LogP contribution in [0, 0.1) is 20.8 Å². The molecule has 0 spiro atoms. The molecule has 1 aliphatic rings. The number of hydrogen-bond donors (Lipinski definition) is 3. The third-order valence-corrected chi connectivity index (χ3v) is 11.7. The molecule has 0 radical (unpaired) electrons. The average molecular weight is 853 g/mol. The van der Waals surface area contributed by atoms with Gasteiger partial charge in [-0.1, -0.05) is 30.3 Å². The van der Waals surface area contributed by atoms with Crippen LogP contribution in [0.25, 0.3) is 0 Å². The highest BCUT2D eigenvalue weighted by Gasteiger charge is 2.34. The Morgan fingerprint density at radius 3 is 2.27 bits per heavy atom. The second-order valence-corrected chi connectivity index (χ2v) is 16.4. The summed E-state index contributed by atoms with van der Waals surface area (Å²) in [5.74, 6) is -0.643. The molecule has 0 bridgehead atoms. The smallest absolute Gasteiger partial charge is 0.407 e. The van der Waals surface area contributed by atoms with Gasteiger partial charge in [-0.05, 0) is 93.8 Å². The van der Waals surface area contributed by atoms with Gasteiger partial charge < -0.3 is 49.9 Å². The molecule has 1 aliphatic heterocycles. The Balaban J connectivity index is 1.61. The van der Waals surface area contributed by atoms with E-state index in [0.717, 1.165) is 11.1 Å². The maximum atomic E-state index is 14.2. The number of amides is 3. The lowest BCUT2D eigenvalue weighted by Crippen LogP contribution is -2.47. The zero-order chi connectivity index (χ0) is 44.2. The number of hydrogen-bond acceptors (Lipinski definition) is 11. The van der Waals surface area contributed by atoms with Crippen LogP contribution in [-0.4, -0.2) is 108 Å². The fraction of sp³-hybridized carbons (Fsp3) is 0.452. The van der Waals surface area contributed by atoms with Crippen LogP contribution in [0.3, 0.4) is 0 Å². The number of sulfonamides is 1. The predicted octanol–water partition coefficient (Wildman–Crippen LogP) is 3.67. The van der Waals surface area contributed by atoms with Gasteiger partial charge in [0.05, 0.1) is 32.8 Å². The van der Waals surface area contributed by atoms with Crippen LogP contribution in [0.15, 0.2) is 57.8 Å². The van der Waals surface area contributed by atoms with E-state index in [2.05, 4.69) is 19.8 Å². The normalized spacial score (nSPS) is 13.2. The highest BCUT2D eigenvalue weighted by Crippen LogP contribution is 2.42. The molecule has 17 nitrogen and oxygen atoms in total. The number of benzene rings is 3. The van der Waals surface area contributed by atoms with Gasteiger partial charge in [-0.3, -0.25) is 14.4 Å². The number of carbonyl (C=O) groups is 4. The number of carbonyl (C=O) groups excluding carboxylic acids is 4. The number of ether oxygens (including phenoxy) is 5. The summed E-state index contributed by atoms with van der Waals surface area (Å²) in [5, 5.41) is 4.81. The number of nitrogens with one attached hydrogen (secondary N) is 2. The van der Waals surface area contributed by atoms with E-state index in [4.69, 9.17) is 24.7 Å². The first-order valence-electron chi connectivity index (χ1n) is 19.3. The number of nitrogens with two attached hydrogens (primary N) is 1. The fourth-order valence-corrected chi connectivity index (χ4v) is 8.18. The summed E-state index contributed by atoms with van der Waals surface area (Å²) in [6.07, 6.45) is 0.627. The fourth-order valence-electron chi connectivity index (χ4n) is 6.67. The molecule has 3 aromatic rings. The summed E-state index contributed by atoms with van der Waals surface area (Å²) in [5.41, 5.74) is 10.1. The molecule has 4 rings (SSSR count). The molecule has 0 saturated carbocycles. The lowest BCUT2D eigenvalue weighted by Gasteiger charge is -2.35. The second-order valence-electron chi connectivity index (χ2n) is 14.8. The SMILES string of the molecule is COC(=O)CNC(=O)CN(CCCN(Cc1ccc(OC)cc1OC)/C(N)=N/S(=O)(=O)c1c(C)c(C)c2c(c1C)CCC(C)(C)O2)C(=O)CNC(=O)OCc1ccccc1. The number of esters is 1. The standard InChI is InChI=1S/C42H56N6O11S/c1-27-28(2)39(29(3)33-17-18-42(4,5)59-38(27)33)60(53,54)46-40(43)48(24-31-15-16-32(55-6)21-34(31)56-7)20-12-19-47(25-35(49)44-23-37(51)57-8)36(50)22-45-41(52)58-26-30-13-10-9-11-14-30/h9-11,13-16,21H,12,17-20,22-26H2,1-8H3,(H2,43,46)(H,44,49)(H,45,52). The number of nitrogens with zero attached hydrogens (tertiary/aromatic N) is 3. The van der Waals surface area contributed by atoms with E-state index < -0.39 is 59.1 Å². The molecule has 0 atom stereocenters. The molecule has 3 amide bonds. The van der Waals surface area contributed by atoms with Crippen molar-refractivity contribution >= 4 is 39.9 Å². The van der Waals surface area contributed by atoms with E-state index in [0.29, 0.717) is 52.3 Å². The van der Waals surface area contributed by atoms with Crippen molar-refractivity contribution in [1.82, 2.24) is 20.4 Å². The van der Waals surface area contributed by atoms with Gasteiger partial charge in [0.2, 0.25) is 17.8 Å². The molecule has 0 saturated heterocycles. The van der Waals surface area contributed by atoms with Crippen molar-refractivity contribution < 1.29 is 51.3 Å². The molecular formula is C42H56N6O11S. The first-order valence-corrected chi connectivity index (χ1v) is 20.8. The van der Waals surface area contributed by atoms with Gasteiger partial charge in [0.15, 0.2) is 0 Å². The van der Waals surface area contributed by atoms with Crippen LogP contribution >= 0.6 is 0 Å². The van der Waals surface area contributed by atoms with E-state index in [1.54, 1.807) is 56.3 Å². The third-order valence-electron chi connectivity index (χ3n) is 10.1. The molecule has 3 aromatic carbocycles. The number of guanidine groups is 1. The average Bonchev–Trinajstić information content (AvgIpc) is 3.22. The van der Waals surface area contributed by atoms with Crippen molar-refractivity contribution in [2.45, 2.75) is 77.5 Å². The molecule has 1 heterocycles. The zero-order valence-electron chi connectivity index (χ0n) is 35.5. The largest absolute Gasteiger partial charge is 0.497 e. The maximum Gasteiger partial charge on any atom is 0.407 e. The van der Waals surface area contributed by atoms with Gasteiger partial charge in [0.25, 0.3) is 10.0 Å². The Kier molecular flexibility index (Phi) is 16.2. The summed E-state index contributed by atoms with van der Waals surface area (Å²) in [6, 6.07) is 14.1. The topological polar surface area (TPSA) is 217 Å². The zero-order valence-corrected chi connectivity index (χ0v) is 36.3. The summed E-state index contributed by atoms with van der Waals surface area (Å²) >= 11 is 0. The summed E-state index contributed by atoms with van der Waals surface area (Å²) in [6.45, 7) is 7.89. The lowest BCUT2D eigenvalue weighted by molar-refractivity contribution is -0.141. The molecule has 0 unspecified atom stereocenters. The lowest BCUT2D eigenvalue weighted by atomic mass is 9.88. The quantitative estimate of drug-likeness (QED) is 0.0947. The number of fused-ring (bicyclic) bond motifs is 1. The highest BCUT2D eigenvalue weighted by molar-refractivity contribution is 7.90. The van der Waals surface area contributed by atoms with E-state index in [1.165, 1.54) is 31.1 Å². The van der Waals surface area contributed by atoms with Crippen molar-refractivity contribution in [2.75, 3.05) is 54.1 Å². The second kappa shape index (κ2) is 20.8. The molecule has 4 N–H and O–H groups in total. The Morgan fingerprint density at radius 2 is 1.60 bits per heavy atom. The van der Waals surface area contributed by atoms with Gasteiger partial charge in [0, 0.05) is 31.3 Å². The van der Waals surface area contributed by atoms with Crippen molar-refractivity contribution in [3.63, 3.8) is 0 Å². The monoisotopic (exact) mass is 852 g/mol. The van der Waals surface area contributed by atoms with Gasteiger partial charge in [-0.15, -0.1) is 4.40 Å². The van der Waals surface area contributed by atoms with E-state index in [1.807, 2.05) is 26.8 Å². The van der Waals surface area contributed by atoms with Crippen molar-refractivity contribution in [2.24, 2.45) is 10.1 Å². The van der Waals surface area contributed by atoms with E-state index >= 15 is 0 Å². The van der Waals surface area contributed by atoms with Crippen LogP contribution in [-0.2, 0) is 53.5 Å². The van der Waals surface area contributed by atoms with Crippen LogP contribution in [0.4, 0.5) is 4.79 Å². The first kappa shape index (κ1) is 46.6. The molecule has 60 heavy (non-hydrogen) atoms. The summed E-state index contributed by atoms with van der Waals surface area (Å²) < 4.78 is 59.7. The Bertz CT molecular complexity index is 2180. The molecular weight excluding hydrogens is 797 g/mol. The van der Waals surface area contributed by atoms with Crippen molar-refractivity contribution in [3.8, 4) is 17.2 Å². The summed E-state index contributed by atoms with van der Waals surface area (Å²) in [7, 11) is -0.213. The molecule has 0 aromatic heterocycles. The van der Waals surface area contributed by atoms with Gasteiger partial charge in [-0.25, -0.2) is 4.79 Å². The van der Waals surface area contributed by atoms with E-state index in [-0.39, 0.29) is 43.5 Å². The van der Waals surface area contributed by atoms with Crippen LogP contribution in [0.5, 0.6) is 17.2 Å². The van der Waals surface area contributed by atoms with Crippen molar-refractivity contribution in [1.29, 1.82) is 0 Å². The van der Waals surface area contributed by atoms with Gasteiger partial charge in [-0.2, -0.15) is 8.42 Å². The highest BCUT2D eigenvalue weighted by atomic mass is 32.2. The van der Waals surface area contributed by atoms with Crippen LogP contribution in [0.1, 0.15) is 60.1 Å². The van der Waals surface area contributed by atoms with Gasteiger partial charge in [0.1, 0.15) is 42.5 Å². The van der Waals surface area contributed by atoms with Crippen LogP contribution in [0.2, 0.25) is 0 Å². The minimum Gasteiger partial charge on any atom is -0.497 e. The Morgan fingerprint density at radius 1 is 0.900 bits per heavy atom. The maximum absolute atomic E-state index is 14.2. The Labute approximate surface area is 351 Å². The molecule has 326 valence electrons. The van der Waals surface area contributed by atoms with Gasteiger partial charge >= 0.3 is 12.1 Å². The molecule has 0 fully saturated rings. The molecule has 0 aliphatic carbocycles. The summed E-state index contributed by atoms with van der Waals surface area (Å²) in [4.78, 5) is 53.2. The number of methoxy groups -OCH3 is 3. The van der Waals surface area contributed by atoms with E-state index in [9.17, 15) is 27.6 Å². The first-order chi connectivity index (χ1) is 28.4. The Hall–Kier alpha value is -6.04. The van der Waals surface area contributed by atoms with Crippen molar-refractivity contribution in [3.05, 3.63) is 81.9 Å². The predicted molar refractivity (Wildman–Crippen MR) is 223 cm³/mol.